The maximum absolute atomic E-state index is 2.48. The molecule has 0 aliphatic heterocycles. The van der Waals surface area contributed by atoms with Crippen molar-refractivity contribution < 1.29 is 0 Å². The van der Waals surface area contributed by atoms with E-state index in [2.05, 4.69) is 301 Å². The Morgan fingerprint density at radius 3 is 1.32 bits per heavy atom. The molecule has 350 valence electrons. The summed E-state index contributed by atoms with van der Waals surface area (Å²) in [5, 5.41) is 2.48. The quantitative estimate of drug-likeness (QED) is 0.147. The minimum absolute atomic E-state index is 0.408. The molecule has 0 saturated carbocycles. The van der Waals surface area contributed by atoms with E-state index in [0.717, 1.165) is 28.3 Å². The SMILES string of the molecule is c1ccc(-c2ccccc2-c2ccccc2-c2ccccc2N(c2ccc(-c3ccc4c(c3)C3(c5ccccc5-c5ccccc53)c3ccccc3-4)cc2)c2cccc(-n3c4ccccc4c4ccccc43)c2)cc1. The van der Waals surface area contributed by atoms with Gasteiger partial charge >= 0.3 is 0 Å². The highest BCUT2D eigenvalue weighted by molar-refractivity contribution is 6.09. The monoisotopic (exact) mass is 952 g/mol. The van der Waals surface area contributed by atoms with Crippen molar-refractivity contribution in [3.8, 4) is 72.4 Å². The lowest BCUT2D eigenvalue weighted by Crippen LogP contribution is -2.25. The Bertz CT molecular complexity index is 4250. The molecule has 0 radical (unpaired) electrons. The van der Waals surface area contributed by atoms with E-state index in [1.54, 1.807) is 0 Å². The standard InChI is InChI=1S/C73H48N2/c1-2-21-50(22-3-1)55-25-4-5-26-56(55)57-27-6-7-28-58(57)63-32-11-17-38-70(63)74(53-23-20-24-54(48-53)75-71-39-18-12-33-64(71)65-34-13-19-40-72(65)75)52-44-41-49(42-45-52)51-43-46-62-61-31-10-16-37-68(61)73(69(62)47-51)66-35-14-8-29-59(66)60-30-9-15-36-67(60)73/h1-48H. The van der Waals surface area contributed by atoms with Crippen molar-refractivity contribution in [2.45, 2.75) is 5.41 Å². The van der Waals surface area contributed by atoms with Gasteiger partial charge in [0.2, 0.25) is 0 Å². The van der Waals surface area contributed by atoms with E-state index in [0.29, 0.717) is 0 Å². The minimum Gasteiger partial charge on any atom is -0.310 e. The molecule has 0 amide bonds. The van der Waals surface area contributed by atoms with Crippen LogP contribution in [0.3, 0.4) is 0 Å². The Kier molecular flexibility index (Phi) is 9.83. The summed E-state index contributed by atoms with van der Waals surface area (Å²) >= 11 is 0. The number of anilines is 3. The Morgan fingerprint density at radius 1 is 0.253 bits per heavy atom. The number of nitrogens with zero attached hydrogens (tertiary/aromatic N) is 2. The van der Waals surface area contributed by atoms with Gasteiger partial charge in [-0.05, 0) is 138 Å². The van der Waals surface area contributed by atoms with Crippen LogP contribution in [-0.2, 0) is 5.41 Å². The third-order valence-electron chi connectivity index (χ3n) is 16.0. The number of hydrogen-bond donors (Lipinski definition) is 0. The summed E-state index contributed by atoms with van der Waals surface area (Å²) in [4.78, 5) is 2.46. The van der Waals surface area contributed by atoms with E-state index < -0.39 is 5.41 Å². The van der Waals surface area contributed by atoms with Crippen molar-refractivity contribution in [1.29, 1.82) is 0 Å². The van der Waals surface area contributed by atoms with Crippen molar-refractivity contribution in [3.63, 3.8) is 0 Å². The van der Waals surface area contributed by atoms with E-state index >= 15 is 0 Å². The van der Waals surface area contributed by atoms with E-state index in [1.807, 2.05) is 0 Å². The zero-order chi connectivity index (χ0) is 49.5. The molecule has 0 atom stereocenters. The van der Waals surface area contributed by atoms with Gasteiger partial charge in [-0.25, -0.2) is 0 Å². The summed E-state index contributed by atoms with van der Waals surface area (Å²) in [5.41, 5.74) is 26.4. The molecule has 1 aromatic heterocycles. The van der Waals surface area contributed by atoms with Crippen molar-refractivity contribution >= 4 is 38.9 Å². The fourth-order valence-corrected chi connectivity index (χ4v) is 12.9. The highest BCUT2D eigenvalue weighted by Crippen LogP contribution is 2.63. The molecule has 0 saturated heterocycles. The Balaban J connectivity index is 0.906. The van der Waals surface area contributed by atoms with Crippen molar-refractivity contribution in [2.75, 3.05) is 4.90 Å². The Hall–Kier alpha value is -9.76. The van der Waals surface area contributed by atoms with Crippen molar-refractivity contribution in [2.24, 2.45) is 0 Å². The van der Waals surface area contributed by atoms with Gasteiger partial charge in [0.15, 0.2) is 0 Å². The van der Waals surface area contributed by atoms with Crippen LogP contribution in [0.15, 0.2) is 291 Å². The average molecular weight is 953 g/mol. The molecule has 0 N–H and O–H groups in total. The van der Waals surface area contributed by atoms with Crippen LogP contribution in [0.2, 0.25) is 0 Å². The summed E-state index contributed by atoms with van der Waals surface area (Å²) in [5.74, 6) is 0. The Labute approximate surface area is 437 Å². The number of hydrogen-bond acceptors (Lipinski definition) is 1. The van der Waals surface area contributed by atoms with Crippen LogP contribution in [0, 0.1) is 0 Å². The van der Waals surface area contributed by atoms with Gasteiger partial charge in [-0.3, -0.25) is 0 Å². The molecule has 1 heterocycles. The minimum atomic E-state index is -0.408. The number of rotatable bonds is 8. The number of benzene rings is 12. The van der Waals surface area contributed by atoms with Gasteiger partial charge in [0.05, 0.1) is 22.1 Å². The first-order valence-corrected chi connectivity index (χ1v) is 26.0. The molecule has 1 spiro atoms. The molecule has 2 heteroatoms. The summed E-state index contributed by atoms with van der Waals surface area (Å²) in [6.45, 7) is 0. The van der Waals surface area contributed by atoms with Gasteiger partial charge in [-0.15, -0.1) is 0 Å². The number of aromatic nitrogens is 1. The molecule has 2 aliphatic carbocycles. The molecule has 0 fully saturated rings. The average Bonchev–Trinajstić information content (AvgIpc) is 4.13. The van der Waals surface area contributed by atoms with Crippen LogP contribution >= 0.6 is 0 Å². The van der Waals surface area contributed by atoms with Crippen LogP contribution in [0.4, 0.5) is 17.1 Å². The maximum Gasteiger partial charge on any atom is 0.0725 e. The topological polar surface area (TPSA) is 8.17 Å². The molecular weight excluding hydrogens is 905 g/mol. The molecule has 0 bridgehead atoms. The first-order valence-electron chi connectivity index (χ1n) is 26.0. The lowest BCUT2D eigenvalue weighted by Gasteiger charge is -2.30. The first-order chi connectivity index (χ1) is 37.2. The summed E-state index contributed by atoms with van der Waals surface area (Å²) in [6.07, 6.45) is 0. The van der Waals surface area contributed by atoms with Crippen LogP contribution < -0.4 is 4.90 Å². The van der Waals surface area contributed by atoms with Crippen molar-refractivity contribution in [1.82, 2.24) is 4.57 Å². The molecular formula is C73H48N2. The normalized spacial score (nSPS) is 12.6. The summed E-state index contributed by atoms with van der Waals surface area (Å²) in [7, 11) is 0. The van der Waals surface area contributed by atoms with Gasteiger partial charge in [0.1, 0.15) is 0 Å². The molecule has 12 aromatic carbocycles. The molecule has 0 unspecified atom stereocenters. The maximum atomic E-state index is 2.48. The zero-order valence-electron chi connectivity index (χ0n) is 41.1. The second-order valence-electron chi connectivity index (χ2n) is 19.9. The van der Waals surface area contributed by atoms with Gasteiger partial charge in [0.25, 0.3) is 0 Å². The number of fused-ring (bicyclic) bond motifs is 13. The van der Waals surface area contributed by atoms with E-state index in [-0.39, 0.29) is 0 Å². The van der Waals surface area contributed by atoms with Gasteiger partial charge in [-0.1, -0.05) is 237 Å². The molecule has 15 rings (SSSR count). The van der Waals surface area contributed by atoms with Crippen LogP contribution in [0.5, 0.6) is 0 Å². The van der Waals surface area contributed by atoms with Crippen molar-refractivity contribution in [3.05, 3.63) is 313 Å². The van der Waals surface area contributed by atoms with Crippen LogP contribution in [-0.4, -0.2) is 4.57 Å². The third kappa shape index (κ3) is 6.53. The van der Waals surface area contributed by atoms with Gasteiger partial charge < -0.3 is 9.47 Å². The zero-order valence-corrected chi connectivity index (χ0v) is 41.1. The lowest BCUT2D eigenvalue weighted by molar-refractivity contribution is 0.794. The first kappa shape index (κ1) is 42.9. The second kappa shape index (κ2) is 17.2. The third-order valence-corrected chi connectivity index (χ3v) is 16.0. The number of para-hydroxylation sites is 3. The smallest absolute Gasteiger partial charge is 0.0725 e. The summed E-state index contributed by atoms with van der Waals surface area (Å²) < 4.78 is 2.41. The van der Waals surface area contributed by atoms with Gasteiger partial charge in [0, 0.05) is 33.4 Å². The van der Waals surface area contributed by atoms with Crippen LogP contribution in [0.25, 0.3) is 94.3 Å². The molecule has 2 nitrogen and oxygen atoms in total. The second-order valence-corrected chi connectivity index (χ2v) is 19.9. The predicted octanol–water partition coefficient (Wildman–Crippen LogP) is 19.3. The van der Waals surface area contributed by atoms with Crippen LogP contribution in [0.1, 0.15) is 22.3 Å². The van der Waals surface area contributed by atoms with Gasteiger partial charge in [-0.2, -0.15) is 0 Å². The fourth-order valence-electron chi connectivity index (χ4n) is 12.9. The molecule has 13 aromatic rings. The fraction of sp³-hybridized carbons (Fsp3) is 0.0137. The van der Waals surface area contributed by atoms with E-state index in [1.165, 1.54) is 105 Å². The largest absolute Gasteiger partial charge is 0.310 e. The molecule has 75 heavy (non-hydrogen) atoms. The molecule has 2 aliphatic rings. The van der Waals surface area contributed by atoms with E-state index in [9.17, 15) is 0 Å². The lowest BCUT2D eigenvalue weighted by atomic mass is 9.70. The highest BCUT2D eigenvalue weighted by atomic mass is 15.1. The summed E-state index contributed by atoms with van der Waals surface area (Å²) in [6, 6.07) is 108. The van der Waals surface area contributed by atoms with E-state index in [4.69, 9.17) is 0 Å². The Morgan fingerprint density at radius 2 is 0.707 bits per heavy atom. The highest BCUT2D eigenvalue weighted by Gasteiger charge is 2.51. The predicted molar refractivity (Wildman–Crippen MR) is 314 cm³/mol.